The number of aliphatic hydroxyl groups is 1. The average molecular weight is 252 g/mol. The smallest absolute Gasteiger partial charge is 0.259 e. The number of anilines is 1. The topological polar surface area (TPSA) is 84.4 Å². The van der Waals surface area contributed by atoms with E-state index in [1.807, 2.05) is 0 Å². The third-order valence-electron chi connectivity index (χ3n) is 3.72. The van der Waals surface area contributed by atoms with Gasteiger partial charge in [0.2, 0.25) is 0 Å². The van der Waals surface area contributed by atoms with Gasteiger partial charge in [-0.3, -0.25) is 9.48 Å². The van der Waals surface area contributed by atoms with Crippen LogP contribution in [0.3, 0.4) is 0 Å². The Morgan fingerprint density at radius 2 is 2.17 bits per heavy atom. The molecule has 1 aliphatic heterocycles. The van der Waals surface area contributed by atoms with Crippen molar-refractivity contribution in [1.29, 1.82) is 0 Å². The Balaban J connectivity index is 2.02. The predicted octanol–water partition coefficient (Wildman–Crippen LogP) is 0.235. The SMILES string of the molecule is CC(O)C1CCN(C(=O)c2cnn(C)c2N)CC1. The Morgan fingerprint density at radius 1 is 1.56 bits per heavy atom. The number of rotatable bonds is 2. The van der Waals surface area contributed by atoms with E-state index in [9.17, 15) is 9.90 Å². The first-order valence-corrected chi connectivity index (χ1v) is 6.25. The van der Waals surface area contributed by atoms with Crippen LogP contribution < -0.4 is 5.73 Å². The number of likely N-dealkylation sites (tertiary alicyclic amines) is 1. The summed E-state index contributed by atoms with van der Waals surface area (Å²) in [5.74, 6) is 0.627. The summed E-state index contributed by atoms with van der Waals surface area (Å²) in [4.78, 5) is 14.0. The third kappa shape index (κ3) is 2.33. The maximum atomic E-state index is 12.2. The zero-order valence-electron chi connectivity index (χ0n) is 10.8. The van der Waals surface area contributed by atoms with Crippen LogP contribution in [0.4, 0.5) is 5.82 Å². The molecule has 1 aromatic heterocycles. The van der Waals surface area contributed by atoms with Crippen LogP contribution in [0, 0.1) is 5.92 Å². The number of piperidine rings is 1. The molecule has 2 heterocycles. The summed E-state index contributed by atoms with van der Waals surface area (Å²) in [6, 6.07) is 0. The van der Waals surface area contributed by atoms with E-state index in [-0.39, 0.29) is 12.0 Å². The Labute approximate surface area is 106 Å². The first-order valence-electron chi connectivity index (χ1n) is 6.25. The lowest BCUT2D eigenvalue weighted by atomic mass is 9.92. The molecule has 6 nitrogen and oxygen atoms in total. The van der Waals surface area contributed by atoms with Gasteiger partial charge in [-0.05, 0) is 25.7 Å². The monoisotopic (exact) mass is 252 g/mol. The molecule has 18 heavy (non-hydrogen) atoms. The lowest BCUT2D eigenvalue weighted by Gasteiger charge is -2.33. The molecular formula is C12H20N4O2. The van der Waals surface area contributed by atoms with E-state index in [0.29, 0.717) is 30.4 Å². The molecule has 1 unspecified atom stereocenters. The summed E-state index contributed by atoms with van der Waals surface area (Å²) in [6.45, 7) is 3.15. The van der Waals surface area contributed by atoms with Crippen molar-refractivity contribution in [2.75, 3.05) is 18.8 Å². The number of amides is 1. The standard InChI is InChI=1S/C12H20N4O2/c1-8(17)9-3-5-16(6-4-9)12(18)10-7-14-15(2)11(10)13/h7-9,17H,3-6,13H2,1-2H3. The number of carbonyl (C=O) groups is 1. The van der Waals surface area contributed by atoms with E-state index in [1.165, 1.54) is 10.9 Å². The van der Waals surface area contributed by atoms with Crippen molar-refractivity contribution in [2.24, 2.45) is 13.0 Å². The normalized spacial score (nSPS) is 18.9. The van der Waals surface area contributed by atoms with Gasteiger partial charge in [-0.2, -0.15) is 5.10 Å². The molecule has 0 aromatic carbocycles. The van der Waals surface area contributed by atoms with E-state index in [2.05, 4.69) is 5.10 Å². The molecule has 1 amide bonds. The highest BCUT2D eigenvalue weighted by atomic mass is 16.3. The summed E-state index contributed by atoms with van der Waals surface area (Å²) in [5, 5.41) is 13.5. The minimum Gasteiger partial charge on any atom is -0.393 e. The Hall–Kier alpha value is -1.56. The minimum atomic E-state index is -0.300. The van der Waals surface area contributed by atoms with Crippen LogP contribution in [-0.4, -0.2) is 44.9 Å². The van der Waals surface area contributed by atoms with Crippen molar-refractivity contribution in [3.63, 3.8) is 0 Å². The lowest BCUT2D eigenvalue weighted by Crippen LogP contribution is -2.40. The highest BCUT2D eigenvalue weighted by molar-refractivity contribution is 5.98. The van der Waals surface area contributed by atoms with Gasteiger partial charge >= 0.3 is 0 Å². The van der Waals surface area contributed by atoms with Gasteiger partial charge < -0.3 is 15.7 Å². The Kier molecular flexibility index (Phi) is 3.56. The third-order valence-corrected chi connectivity index (χ3v) is 3.72. The summed E-state index contributed by atoms with van der Waals surface area (Å²) in [7, 11) is 1.71. The number of aliphatic hydroxyl groups excluding tert-OH is 1. The van der Waals surface area contributed by atoms with Gasteiger partial charge in [-0.1, -0.05) is 0 Å². The fourth-order valence-corrected chi connectivity index (χ4v) is 2.37. The van der Waals surface area contributed by atoms with Crippen LogP contribution in [-0.2, 0) is 7.05 Å². The molecule has 1 fully saturated rings. The summed E-state index contributed by atoms with van der Waals surface area (Å²) < 4.78 is 1.50. The molecule has 0 spiro atoms. The Bertz CT molecular complexity index is 433. The van der Waals surface area contributed by atoms with Crippen molar-refractivity contribution in [2.45, 2.75) is 25.9 Å². The van der Waals surface area contributed by atoms with Gasteiger partial charge in [0.15, 0.2) is 0 Å². The second kappa shape index (κ2) is 4.97. The van der Waals surface area contributed by atoms with E-state index in [1.54, 1.807) is 18.9 Å². The summed E-state index contributed by atoms with van der Waals surface area (Å²) in [6.07, 6.45) is 2.89. The van der Waals surface area contributed by atoms with Gasteiger partial charge in [0.25, 0.3) is 5.91 Å². The number of nitrogen functional groups attached to an aromatic ring is 1. The maximum absolute atomic E-state index is 12.2. The molecule has 1 aromatic rings. The molecule has 0 saturated carbocycles. The van der Waals surface area contributed by atoms with E-state index >= 15 is 0 Å². The molecule has 0 aliphatic carbocycles. The van der Waals surface area contributed by atoms with E-state index < -0.39 is 0 Å². The number of carbonyl (C=O) groups excluding carboxylic acids is 1. The van der Waals surface area contributed by atoms with Crippen LogP contribution in [0.15, 0.2) is 6.20 Å². The number of nitrogens with two attached hydrogens (primary N) is 1. The minimum absolute atomic E-state index is 0.0651. The second-order valence-electron chi connectivity index (χ2n) is 4.94. The zero-order valence-corrected chi connectivity index (χ0v) is 10.8. The zero-order chi connectivity index (χ0) is 13.3. The average Bonchev–Trinajstić information content (AvgIpc) is 2.69. The number of hydrogen-bond donors (Lipinski definition) is 2. The van der Waals surface area contributed by atoms with E-state index in [0.717, 1.165) is 12.8 Å². The fourth-order valence-electron chi connectivity index (χ4n) is 2.37. The highest BCUT2D eigenvalue weighted by Crippen LogP contribution is 2.23. The van der Waals surface area contributed by atoms with Crippen molar-refractivity contribution < 1.29 is 9.90 Å². The summed E-state index contributed by atoms with van der Waals surface area (Å²) >= 11 is 0. The van der Waals surface area contributed by atoms with Crippen molar-refractivity contribution in [1.82, 2.24) is 14.7 Å². The molecule has 1 atom stereocenters. The van der Waals surface area contributed by atoms with Crippen molar-refractivity contribution >= 4 is 11.7 Å². The number of aryl methyl sites for hydroxylation is 1. The van der Waals surface area contributed by atoms with Gasteiger partial charge in [-0.15, -0.1) is 0 Å². The molecule has 1 aliphatic rings. The number of hydrogen-bond acceptors (Lipinski definition) is 4. The second-order valence-corrected chi connectivity index (χ2v) is 4.94. The summed E-state index contributed by atoms with van der Waals surface area (Å²) in [5.41, 5.74) is 6.26. The number of nitrogens with zero attached hydrogens (tertiary/aromatic N) is 3. The van der Waals surface area contributed by atoms with Crippen molar-refractivity contribution in [3.05, 3.63) is 11.8 Å². The molecule has 6 heteroatoms. The first kappa shape index (κ1) is 12.9. The Morgan fingerprint density at radius 3 is 2.61 bits per heavy atom. The van der Waals surface area contributed by atoms with Crippen LogP contribution >= 0.6 is 0 Å². The van der Waals surface area contributed by atoms with Crippen LogP contribution in [0.1, 0.15) is 30.1 Å². The predicted molar refractivity (Wildman–Crippen MR) is 67.9 cm³/mol. The lowest BCUT2D eigenvalue weighted by molar-refractivity contribution is 0.0522. The molecule has 2 rings (SSSR count). The van der Waals surface area contributed by atoms with E-state index in [4.69, 9.17) is 5.73 Å². The van der Waals surface area contributed by atoms with Gasteiger partial charge in [0.05, 0.1) is 12.3 Å². The van der Waals surface area contributed by atoms with Gasteiger partial charge in [0, 0.05) is 20.1 Å². The van der Waals surface area contributed by atoms with Gasteiger partial charge in [-0.25, -0.2) is 0 Å². The van der Waals surface area contributed by atoms with Gasteiger partial charge in [0.1, 0.15) is 11.4 Å². The van der Waals surface area contributed by atoms with Crippen LogP contribution in [0.25, 0.3) is 0 Å². The molecular weight excluding hydrogens is 232 g/mol. The maximum Gasteiger partial charge on any atom is 0.259 e. The quantitative estimate of drug-likeness (QED) is 0.789. The number of aromatic nitrogens is 2. The van der Waals surface area contributed by atoms with Crippen molar-refractivity contribution in [3.8, 4) is 0 Å². The molecule has 0 bridgehead atoms. The fraction of sp³-hybridized carbons (Fsp3) is 0.667. The van der Waals surface area contributed by atoms with Crippen LogP contribution in [0.2, 0.25) is 0 Å². The first-order chi connectivity index (χ1) is 8.50. The largest absolute Gasteiger partial charge is 0.393 e. The molecule has 0 radical (unpaired) electrons. The molecule has 3 N–H and O–H groups in total. The molecule has 100 valence electrons. The highest BCUT2D eigenvalue weighted by Gasteiger charge is 2.27. The van der Waals surface area contributed by atoms with Crippen LogP contribution in [0.5, 0.6) is 0 Å². The molecule has 1 saturated heterocycles.